The van der Waals surface area contributed by atoms with Gasteiger partial charge in [0.1, 0.15) is 0 Å². The number of carbonyl (C=O) groups excluding carboxylic acids is 1. The number of aromatic nitrogens is 2. The summed E-state index contributed by atoms with van der Waals surface area (Å²) in [5, 5.41) is 13.4. The van der Waals surface area contributed by atoms with Gasteiger partial charge in [0.05, 0.1) is 11.6 Å². The summed E-state index contributed by atoms with van der Waals surface area (Å²) in [6, 6.07) is 0. The minimum Gasteiger partial charge on any atom is -0.481 e. The van der Waals surface area contributed by atoms with E-state index in [2.05, 4.69) is 5.10 Å². The first-order valence-corrected chi connectivity index (χ1v) is 7.16. The van der Waals surface area contributed by atoms with Crippen LogP contribution in [0.1, 0.15) is 31.7 Å². The van der Waals surface area contributed by atoms with Crippen LogP contribution in [0.2, 0.25) is 0 Å². The first-order chi connectivity index (χ1) is 9.97. The molecule has 21 heavy (non-hydrogen) atoms. The van der Waals surface area contributed by atoms with Crippen LogP contribution in [0.5, 0.6) is 0 Å². The smallest absolute Gasteiger partial charge is 0.309 e. The maximum Gasteiger partial charge on any atom is 0.309 e. The van der Waals surface area contributed by atoms with Gasteiger partial charge < -0.3 is 10.0 Å². The number of hydrogen-bond acceptors (Lipinski definition) is 3. The largest absolute Gasteiger partial charge is 0.481 e. The van der Waals surface area contributed by atoms with Crippen molar-refractivity contribution in [3.05, 3.63) is 24.0 Å². The number of nitrogens with zero attached hydrogens (tertiary/aromatic N) is 3. The standard InChI is InChI=1S/C15H21N3O3/c1-3-15(14(20)21)6-8-18(9-7-15)13(19)5-4-12-10-16-17(2)11-12/h4-5,10-11H,3,6-9H2,1-2H3,(H,20,21). The molecule has 0 unspecified atom stereocenters. The van der Waals surface area contributed by atoms with Crippen LogP contribution >= 0.6 is 0 Å². The molecule has 0 spiro atoms. The lowest BCUT2D eigenvalue weighted by atomic mass is 9.76. The van der Waals surface area contributed by atoms with E-state index >= 15 is 0 Å². The number of rotatable bonds is 4. The molecule has 1 aliphatic rings. The predicted octanol–water partition coefficient (Wildman–Crippen LogP) is 1.54. The number of amides is 1. The van der Waals surface area contributed by atoms with E-state index in [4.69, 9.17) is 0 Å². The molecule has 1 aliphatic heterocycles. The topological polar surface area (TPSA) is 75.4 Å². The van der Waals surface area contributed by atoms with Crippen molar-refractivity contribution in [1.82, 2.24) is 14.7 Å². The SMILES string of the molecule is CCC1(C(=O)O)CCN(C(=O)C=Cc2cnn(C)c2)CC1. The van der Waals surface area contributed by atoms with Crippen molar-refractivity contribution < 1.29 is 14.7 Å². The maximum atomic E-state index is 12.1. The van der Waals surface area contributed by atoms with Gasteiger partial charge in [-0.3, -0.25) is 14.3 Å². The number of piperidine rings is 1. The Labute approximate surface area is 124 Å². The zero-order chi connectivity index (χ0) is 15.5. The third-order valence-electron chi connectivity index (χ3n) is 4.31. The highest BCUT2D eigenvalue weighted by atomic mass is 16.4. The molecule has 0 saturated carbocycles. The summed E-state index contributed by atoms with van der Waals surface area (Å²) in [4.78, 5) is 25.2. The maximum absolute atomic E-state index is 12.1. The zero-order valence-corrected chi connectivity index (χ0v) is 12.5. The van der Waals surface area contributed by atoms with Crippen molar-refractivity contribution in [1.29, 1.82) is 0 Å². The van der Waals surface area contributed by atoms with Crippen molar-refractivity contribution in [2.45, 2.75) is 26.2 Å². The van der Waals surface area contributed by atoms with Gasteiger partial charge in [-0.1, -0.05) is 6.92 Å². The Bertz CT molecular complexity index is 554. The van der Waals surface area contributed by atoms with E-state index in [9.17, 15) is 14.7 Å². The van der Waals surface area contributed by atoms with E-state index in [1.54, 1.807) is 21.9 Å². The second kappa shape index (κ2) is 6.11. The number of carboxylic acids is 1. The third-order valence-corrected chi connectivity index (χ3v) is 4.31. The summed E-state index contributed by atoms with van der Waals surface area (Å²) < 4.78 is 1.67. The molecule has 6 heteroatoms. The molecule has 1 fully saturated rings. The number of aliphatic carboxylic acids is 1. The van der Waals surface area contributed by atoms with Crippen molar-refractivity contribution in [3.63, 3.8) is 0 Å². The van der Waals surface area contributed by atoms with Gasteiger partial charge in [-0.25, -0.2) is 0 Å². The van der Waals surface area contributed by atoms with Gasteiger partial charge in [-0.2, -0.15) is 5.10 Å². The average molecular weight is 291 g/mol. The van der Waals surface area contributed by atoms with Crippen LogP contribution in [0.15, 0.2) is 18.5 Å². The number of carbonyl (C=O) groups is 2. The molecule has 2 heterocycles. The lowest BCUT2D eigenvalue weighted by Gasteiger charge is -2.37. The van der Waals surface area contributed by atoms with E-state index in [0.717, 1.165) is 5.56 Å². The first-order valence-electron chi connectivity index (χ1n) is 7.16. The first kappa shape index (κ1) is 15.3. The Balaban J connectivity index is 1.94. The number of aryl methyl sites for hydroxylation is 1. The number of likely N-dealkylation sites (tertiary alicyclic amines) is 1. The number of carboxylic acid groups (broad SMARTS) is 1. The molecule has 2 rings (SSSR count). The predicted molar refractivity (Wildman–Crippen MR) is 78.4 cm³/mol. The van der Waals surface area contributed by atoms with E-state index in [1.807, 2.05) is 20.2 Å². The molecule has 0 radical (unpaired) electrons. The molecule has 6 nitrogen and oxygen atoms in total. The fraction of sp³-hybridized carbons (Fsp3) is 0.533. The lowest BCUT2D eigenvalue weighted by Crippen LogP contribution is -2.45. The van der Waals surface area contributed by atoms with Gasteiger partial charge in [0.2, 0.25) is 5.91 Å². The highest BCUT2D eigenvalue weighted by Crippen LogP contribution is 2.35. The van der Waals surface area contributed by atoms with Gasteiger partial charge >= 0.3 is 5.97 Å². The van der Waals surface area contributed by atoms with Crippen molar-refractivity contribution in [2.75, 3.05) is 13.1 Å². The van der Waals surface area contributed by atoms with Gasteiger partial charge in [0.15, 0.2) is 0 Å². The fourth-order valence-corrected chi connectivity index (χ4v) is 2.67. The quantitative estimate of drug-likeness (QED) is 0.854. The van der Waals surface area contributed by atoms with Crippen molar-refractivity contribution in [2.24, 2.45) is 12.5 Å². The summed E-state index contributed by atoms with van der Waals surface area (Å²) in [5.74, 6) is -0.822. The highest BCUT2D eigenvalue weighted by Gasteiger charge is 2.40. The van der Waals surface area contributed by atoms with Crippen LogP contribution in [0.25, 0.3) is 6.08 Å². The van der Waals surface area contributed by atoms with E-state index in [-0.39, 0.29) is 5.91 Å². The van der Waals surface area contributed by atoms with Crippen LogP contribution in [-0.2, 0) is 16.6 Å². The minimum absolute atomic E-state index is 0.0751. The second-order valence-corrected chi connectivity index (χ2v) is 5.54. The molecule has 114 valence electrons. The molecule has 1 aromatic rings. The molecule has 1 N–H and O–H groups in total. The van der Waals surface area contributed by atoms with Crippen LogP contribution in [-0.4, -0.2) is 44.8 Å². The molecule has 1 amide bonds. The monoisotopic (exact) mass is 291 g/mol. The summed E-state index contributed by atoms with van der Waals surface area (Å²) >= 11 is 0. The van der Waals surface area contributed by atoms with Gasteiger partial charge in [0, 0.05) is 38.0 Å². The normalized spacial score (nSPS) is 18.1. The lowest BCUT2D eigenvalue weighted by molar-refractivity contribution is -0.154. The molecule has 0 bridgehead atoms. The van der Waals surface area contributed by atoms with Gasteiger partial charge in [-0.15, -0.1) is 0 Å². The molecular weight excluding hydrogens is 270 g/mol. The Kier molecular flexibility index (Phi) is 4.45. The third kappa shape index (κ3) is 3.32. The molecule has 1 saturated heterocycles. The van der Waals surface area contributed by atoms with Crippen LogP contribution in [0.4, 0.5) is 0 Å². The Morgan fingerprint density at radius 1 is 1.43 bits per heavy atom. The summed E-state index contributed by atoms with van der Waals surface area (Å²) in [7, 11) is 1.82. The molecule has 1 aromatic heterocycles. The van der Waals surface area contributed by atoms with Crippen LogP contribution in [0.3, 0.4) is 0 Å². The Hall–Kier alpha value is -2.11. The van der Waals surface area contributed by atoms with E-state index < -0.39 is 11.4 Å². The van der Waals surface area contributed by atoms with Crippen LogP contribution < -0.4 is 0 Å². The van der Waals surface area contributed by atoms with E-state index in [1.165, 1.54) is 6.08 Å². The Morgan fingerprint density at radius 3 is 2.57 bits per heavy atom. The molecular formula is C15H21N3O3. The summed E-state index contributed by atoms with van der Waals surface area (Å²) in [6.45, 7) is 2.89. The Morgan fingerprint density at radius 2 is 2.10 bits per heavy atom. The van der Waals surface area contributed by atoms with Crippen molar-refractivity contribution >= 4 is 18.0 Å². The second-order valence-electron chi connectivity index (χ2n) is 5.54. The summed E-state index contributed by atoms with van der Waals surface area (Å²) in [6.07, 6.45) is 8.41. The minimum atomic E-state index is -0.747. The molecule has 0 aliphatic carbocycles. The van der Waals surface area contributed by atoms with Gasteiger partial charge in [-0.05, 0) is 25.3 Å². The van der Waals surface area contributed by atoms with Crippen molar-refractivity contribution in [3.8, 4) is 0 Å². The zero-order valence-electron chi connectivity index (χ0n) is 12.5. The summed E-state index contributed by atoms with van der Waals surface area (Å²) in [5.41, 5.74) is 0.209. The highest BCUT2D eigenvalue weighted by molar-refractivity contribution is 5.92. The van der Waals surface area contributed by atoms with Gasteiger partial charge in [0.25, 0.3) is 0 Å². The molecule has 0 aromatic carbocycles. The molecule has 0 atom stereocenters. The fourth-order valence-electron chi connectivity index (χ4n) is 2.67. The van der Waals surface area contributed by atoms with E-state index in [0.29, 0.717) is 32.4 Å². The number of hydrogen-bond donors (Lipinski definition) is 1. The van der Waals surface area contributed by atoms with Crippen LogP contribution in [0, 0.1) is 5.41 Å². The average Bonchev–Trinajstić information content (AvgIpc) is 2.90.